The third-order valence-corrected chi connectivity index (χ3v) is 6.80. The van der Waals surface area contributed by atoms with Gasteiger partial charge in [-0.2, -0.15) is 0 Å². The Morgan fingerprint density at radius 3 is 2.81 bits per heavy atom. The number of nitrogens with zero attached hydrogens (tertiary/aromatic N) is 2. The van der Waals surface area contributed by atoms with Crippen molar-refractivity contribution in [1.29, 1.82) is 0 Å². The lowest BCUT2D eigenvalue weighted by molar-refractivity contribution is 0.242. The van der Waals surface area contributed by atoms with E-state index in [2.05, 4.69) is 22.6 Å². The molecule has 27 heavy (non-hydrogen) atoms. The molecule has 2 unspecified atom stereocenters. The highest BCUT2D eigenvalue weighted by Crippen LogP contribution is 2.40. The van der Waals surface area contributed by atoms with Gasteiger partial charge in [-0.1, -0.05) is 49.9 Å². The highest BCUT2D eigenvalue weighted by atomic mass is 35.5. The predicted octanol–water partition coefficient (Wildman–Crippen LogP) is 6.24. The molecule has 0 bridgehead atoms. The summed E-state index contributed by atoms with van der Waals surface area (Å²) in [5.74, 6) is 0.544. The van der Waals surface area contributed by atoms with E-state index in [1.807, 2.05) is 24.3 Å². The van der Waals surface area contributed by atoms with E-state index in [0.717, 1.165) is 22.7 Å². The zero-order valence-corrected chi connectivity index (χ0v) is 17.0. The molecule has 4 nitrogen and oxygen atoms in total. The number of hydrogen-bond acceptors (Lipinski definition) is 3. The maximum atomic E-state index is 12.2. The monoisotopic (exact) mass is 401 g/mol. The highest BCUT2D eigenvalue weighted by molar-refractivity contribution is 7.09. The number of carbonyl (C=O) groups excluding carboxylic acids is 1. The van der Waals surface area contributed by atoms with Crippen LogP contribution in [0.2, 0.25) is 5.02 Å². The van der Waals surface area contributed by atoms with Crippen LogP contribution >= 0.6 is 22.9 Å². The molecule has 0 radical (unpaired) electrons. The molecule has 6 heteroatoms. The molecule has 1 aromatic heterocycles. The quantitative estimate of drug-likeness (QED) is 0.658. The number of benzene rings is 1. The average molecular weight is 402 g/mol. The topological polar surface area (TPSA) is 54.4 Å². The predicted molar refractivity (Wildman–Crippen MR) is 111 cm³/mol. The van der Waals surface area contributed by atoms with Crippen molar-refractivity contribution >= 4 is 34.7 Å². The van der Waals surface area contributed by atoms with E-state index in [-0.39, 0.29) is 18.0 Å². The summed E-state index contributed by atoms with van der Waals surface area (Å²) >= 11 is 7.91. The Bertz CT molecular complexity index is 857. The number of hydrogen-bond donors (Lipinski definition) is 1. The minimum Gasteiger partial charge on any atom is -0.328 e. The van der Waals surface area contributed by atoms with Crippen molar-refractivity contribution in [3.8, 4) is 0 Å². The van der Waals surface area contributed by atoms with Crippen molar-refractivity contribution in [2.45, 2.75) is 63.3 Å². The number of amides is 2. The van der Waals surface area contributed by atoms with Gasteiger partial charge in [0.2, 0.25) is 0 Å². The van der Waals surface area contributed by atoms with Crippen molar-refractivity contribution in [3.05, 3.63) is 50.9 Å². The van der Waals surface area contributed by atoms with Crippen molar-refractivity contribution in [2.75, 3.05) is 0 Å². The van der Waals surface area contributed by atoms with Crippen LogP contribution in [0.4, 0.5) is 4.79 Å². The molecule has 0 saturated heterocycles. The molecule has 2 atom stereocenters. The molecule has 1 aliphatic heterocycles. The zero-order chi connectivity index (χ0) is 18.8. The van der Waals surface area contributed by atoms with Crippen LogP contribution < -0.4 is 5.32 Å². The largest absolute Gasteiger partial charge is 0.341 e. The fraction of sp³-hybridized carbons (Fsp3) is 0.476. The van der Waals surface area contributed by atoms with Crippen LogP contribution in [0.25, 0.3) is 0 Å². The number of halogens is 1. The third kappa shape index (κ3) is 3.94. The van der Waals surface area contributed by atoms with Crippen LogP contribution in [0.5, 0.6) is 0 Å². The molecule has 2 aromatic rings. The second kappa shape index (κ2) is 8.11. The number of carbonyl (C=O) groups is 1. The molecule has 2 heterocycles. The first kappa shape index (κ1) is 18.6. The van der Waals surface area contributed by atoms with Gasteiger partial charge in [-0.3, -0.25) is 0 Å². The fourth-order valence-electron chi connectivity index (χ4n) is 4.23. The first-order valence-corrected chi connectivity index (χ1v) is 11.0. The van der Waals surface area contributed by atoms with Gasteiger partial charge in [0.15, 0.2) is 0 Å². The normalized spacial score (nSPS) is 23.8. The number of aromatic nitrogens is 1. The summed E-state index contributed by atoms with van der Waals surface area (Å²) in [4.78, 5) is 21.5. The fourth-order valence-corrected chi connectivity index (χ4v) is 5.49. The van der Waals surface area contributed by atoms with Crippen LogP contribution in [0.3, 0.4) is 0 Å². The van der Waals surface area contributed by atoms with Crippen molar-refractivity contribution in [2.24, 2.45) is 4.99 Å². The second-order valence-corrected chi connectivity index (χ2v) is 8.69. The minimum atomic E-state index is -0.280. The first-order chi connectivity index (χ1) is 13.2. The Hall–Kier alpha value is -1.72. The van der Waals surface area contributed by atoms with Gasteiger partial charge in [-0.25, -0.2) is 14.8 Å². The van der Waals surface area contributed by atoms with Gasteiger partial charge < -0.3 is 5.32 Å². The smallest absolute Gasteiger partial charge is 0.328 e. The van der Waals surface area contributed by atoms with Gasteiger partial charge in [0.25, 0.3) is 0 Å². The lowest BCUT2D eigenvalue weighted by Gasteiger charge is -2.31. The maximum absolute atomic E-state index is 12.2. The van der Waals surface area contributed by atoms with Gasteiger partial charge >= 0.3 is 6.03 Å². The summed E-state index contributed by atoms with van der Waals surface area (Å²) < 4.78 is 0. The van der Waals surface area contributed by atoms with Crippen molar-refractivity contribution in [3.63, 3.8) is 0 Å². The van der Waals surface area contributed by atoms with E-state index in [9.17, 15) is 4.79 Å². The van der Waals surface area contributed by atoms with E-state index >= 15 is 0 Å². The Balaban J connectivity index is 1.70. The Morgan fingerprint density at radius 2 is 2.07 bits per heavy atom. The van der Waals surface area contributed by atoms with Gasteiger partial charge in [-0.05, 0) is 37.0 Å². The molecule has 1 N–H and O–H groups in total. The van der Waals surface area contributed by atoms with E-state index in [0.29, 0.717) is 10.9 Å². The number of aliphatic imine (C=N–C) groups is 1. The molecule has 1 aliphatic carbocycles. The van der Waals surface area contributed by atoms with Crippen LogP contribution in [0, 0.1) is 0 Å². The van der Waals surface area contributed by atoms with Crippen LogP contribution in [-0.2, 0) is 0 Å². The molecule has 0 spiro atoms. The average Bonchev–Trinajstić information content (AvgIpc) is 3.17. The van der Waals surface area contributed by atoms with Gasteiger partial charge in [0.05, 0.1) is 17.7 Å². The Morgan fingerprint density at radius 1 is 1.26 bits per heavy atom. The molecule has 2 aliphatic rings. The lowest BCUT2D eigenvalue weighted by Crippen LogP contribution is -2.39. The number of nitrogens with one attached hydrogen (secondary N) is 1. The highest BCUT2D eigenvalue weighted by Gasteiger charge is 2.36. The van der Waals surface area contributed by atoms with Gasteiger partial charge in [0.1, 0.15) is 5.01 Å². The summed E-state index contributed by atoms with van der Waals surface area (Å²) in [6, 6.07) is 7.25. The van der Waals surface area contributed by atoms with Crippen LogP contribution in [0.1, 0.15) is 79.6 Å². The maximum Gasteiger partial charge on any atom is 0.341 e. The molecular weight excluding hydrogens is 378 g/mol. The SMILES string of the molecule is CCC1=NC(=O)NC(c2cccc(Cl)c2)C1c1nc(C2CCCCC2)cs1. The summed E-state index contributed by atoms with van der Waals surface area (Å²) in [5.41, 5.74) is 3.11. The van der Waals surface area contributed by atoms with Gasteiger partial charge in [0, 0.05) is 22.0 Å². The van der Waals surface area contributed by atoms with E-state index in [4.69, 9.17) is 16.6 Å². The molecule has 4 rings (SSSR count). The molecular formula is C21H24ClN3OS. The molecule has 1 saturated carbocycles. The molecule has 1 fully saturated rings. The Kier molecular flexibility index (Phi) is 5.60. The van der Waals surface area contributed by atoms with Crippen LogP contribution in [0.15, 0.2) is 34.6 Å². The van der Waals surface area contributed by atoms with E-state index in [1.165, 1.54) is 37.8 Å². The van der Waals surface area contributed by atoms with Gasteiger partial charge in [-0.15, -0.1) is 11.3 Å². The third-order valence-electron chi connectivity index (χ3n) is 5.62. The Labute approximate surface area is 169 Å². The van der Waals surface area contributed by atoms with Crippen molar-refractivity contribution in [1.82, 2.24) is 10.3 Å². The summed E-state index contributed by atoms with van der Waals surface area (Å²) in [6.07, 6.45) is 7.13. The summed E-state index contributed by atoms with van der Waals surface area (Å²) in [5, 5.41) is 6.97. The molecule has 142 valence electrons. The standard InChI is InChI=1S/C21H24ClN3OS/c1-2-16-18(20-23-17(12-27-20)13-7-4-3-5-8-13)19(25-21(26)24-16)14-9-6-10-15(22)11-14/h6,9-13,18-19H,2-5,7-8H2,1H3,(H,25,26). The number of rotatable bonds is 4. The van der Waals surface area contributed by atoms with Crippen LogP contribution in [-0.4, -0.2) is 16.7 Å². The minimum absolute atomic E-state index is 0.0338. The summed E-state index contributed by atoms with van der Waals surface area (Å²) in [7, 11) is 0. The molecule has 1 aromatic carbocycles. The number of thiazole rings is 1. The number of urea groups is 1. The lowest BCUT2D eigenvalue weighted by atomic mass is 9.86. The molecule has 2 amide bonds. The summed E-state index contributed by atoms with van der Waals surface area (Å²) in [6.45, 7) is 2.05. The van der Waals surface area contributed by atoms with Crippen molar-refractivity contribution < 1.29 is 4.79 Å². The van der Waals surface area contributed by atoms with E-state index < -0.39 is 0 Å². The van der Waals surface area contributed by atoms with E-state index in [1.54, 1.807) is 11.3 Å². The zero-order valence-electron chi connectivity index (χ0n) is 15.5. The second-order valence-electron chi connectivity index (χ2n) is 7.36. The first-order valence-electron chi connectivity index (χ1n) is 9.74.